The first-order chi connectivity index (χ1) is 8.38. The highest BCUT2D eigenvalue weighted by Crippen LogP contribution is 2.14. The van der Waals surface area contributed by atoms with Crippen LogP contribution in [-0.2, 0) is 15.8 Å². The molecule has 100 valence electrons. The largest absolute Gasteiger partial charge is 0.389 e. The molecule has 2 N–H and O–H groups in total. The first kappa shape index (κ1) is 15.1. The molecule has 0 atom stereocenters. The highest BCUT2D eigenvalue weighted by Gasteiger charge is 2.19. The van der Waals surface area contributed by atoms with Crippen molar-refractivity contribution in [2.75, 3.05) is 13.6 Å². The van der Waals surface area contributed by atoms with Gasteiger partial charge in [0, 0.05) is 19.2 Å². The van der Waals surface area contributed by atoms with Crippen molar-refractivity contribution in [1.29, 1.82) is 0 Å². The zero-order valence-corrected chi connectivity index (χ0v) is 12.2. The highest BCUT2D eigenvalue weighted by atomic mass is 32.2. The molecule has 0 spiro atoms. The van der Waals surface area contributed by atoms with Crippen LogP contribution < -0.4 is 5.73 Å². The molecule has 1 aromatic carbocycles. The van der Waals surface area contributed by atoms with E-state index in [1.54, 1.807) is 31.3 Å². The van der Waals surface area contributed by atoms with Gasteiger partial charge in [0.2, 0.25) is 10.0 Å². The number of hydrogen-bond acceptors (Lipinski definition) is 3. The summed E-state index contributed by atoms with van der Waals surface area (Å²) in [6.07, 6.45) is 0.784. The van der Waals surface area contributed by atoms with Gasteiger partial charge in [-0.1, -0.05) is 43.4 Å². The van der Waals surface area contributed by atoms with Gasteiger partial charge in [0.25, 0.3) is 0 Å². The monoisotopic (exact) mass is 286 g/mol. The molecule has 18 heavy (non-hydrogen) atoms. The molecule has 4 nitrogen and oxygen atoms in total. The molecular weight excluding hydrogens is 268 g/mol. The third-order valence-electron chi connectivity index (χ3n) is 2.63. The van der Waals surface area contributed by atoms with Crippen molar-refractivity contribution in [2.45, 2.75) is 19.1 Å². The van der Waals surface area contributed by atoms with Crippen LogP contribution in [0.2, 0.25) is 0 Å². The molecule has 0 heterocycles. The second kappa shape index (κ2) is 6.26. The van der Waals surface area contributed by atoms with Crippen molar-refractivity contribution in [3.05, 3.63) is 35.4 Å². The van der Waals surface area contributed by atoms with E-state index in [0.717, 1.165) is 6.42 Å². The van der Waals surface area contributed by atoms with Crippen LogP contribution in [0.1, 0.15) is 24.5 Å². The lowest BCUT2D eigenvalue weighted by atomic mass is 10.1. The second-order valence-electron chi connectivity index (χ2n) is 4.10. The van der Waals surface area contributed by atoms with Crippen molar-refractivity contribution in [3.8, 4) is 0 Å². The molecule has 0 aliphatic heterocycles. The van der Waals surface area contributed by atoms with E-state index < -0.39 is 10.0 Å². The summed E-state index contributed by atoms with van der Waals surface area (Å²) in [4.78, 5) is 0.221. The maximum atomic E-state index is 12.1. The number of hydrogen-bond donors (Lipinski definition) is 1. The molecule has 1 rings (SSSR count). The summed E-state index contributed by atoms with van der Waals surface area (Å²) in [5, 5.41) is 0. The van der Waals surface area contributed by atoms with Crippen LogP contribution in [0.25, 0.3) is 0 Å². The van der Waals surface area contributed by atoms with Crippen LogP contribution in [-0.4, -0.2) is 31.3 Å². The lowest BCUT2D eigenvalue weighted by molar-refractivity contribution is 0.467. The standard InChI is InChI=1S/C12H18N2O2S2/c1-3-8-14(2)18(15,16)9-10-6-4-5-7-11(10)12(13)17/h4-7H,3,8-9H2,1-2H3,(H2,13,17). The van der Waals surface area contributed by atoms with Crippen molar-refractivity contribution in [2.24, 2.45) is 5.73 Å². The average molecular weight is 286 g/mol. The van der Waals surface area contributed by atoms with Gasteiger partial charge < -0.3 is 5.73 Å². The smallest absolute Gasteiger partial charge is 0.218 e. The minimum absolute atomic E-state index is 0.0724. The summed E-state index contributed by atoms with van der Waals surface area (Å²) in [7, 11) is -1.73. The fourth-order valence-corrected chi connectivity index (χ4v) is 3.17. The van der Waals surface area contributed by atoms with Gasteiger partial charge in [-0.25, -0.2) is 12.7 Å². The van der Waals surface area contributed by atoms with Gasteiger partial charge in [-0.3, -0.25) is 0 Å². The zero-order chi connectivity index (χ0) is 13.8. The van der Waals surface area contributed by atoms with Crippen LogP contribution in [0.3, 0.4) is 0 Å². The topological polar surface area (TPSA) is 63.4 Å². The van der Waals surface area contributed by atoms with Gasteiger partial charge in [-0.15, -0.1) is 0 Å². The van der Waals surface area contributed by atoms with Gasteiger partial charge in [-0.2, -0.15) is 0 Å². The van der Waals surface area contributed by atoms with E-state index in [-0.39, 0.29) is 10.7 Å². The van der Waals surface area contributed by atoms with Gasteiger partial charge in [0.15, 0.2) is 0 Å². The second-order valence-corrected chi connectivity index (χ2v) is 6.61. The van der Waals surface area contributed by atoms with Gasteiger partial charge >= 0.3 is 0 Å². The SMILES string of the molecule is CCCN(C)S(=O)(=O)Cc1ccccc1C(N)=S. The quantitative estimate of drug-likeness (QED) is 0.805. The van der Waals surface area contributed by atoms with Crippen LogP contribution in [0.4, 0.5) is 0 Å². The maximum Gasteiger partial charge on any atom is 0.218 e. The molecule has 0 bridgehead atoms. The highest BCUT2D eigenvalue weighted by molar-refractivity contribution is 7.88. The summed E-state index contributed by atoms with van der Waals surface area (Å²) < 4.78 is 25.6. The van der Waals surface area contributed by atoms with E-state index in [9.17, 15) is 8.42 Å². The lowest BCUT2D eigenvalue weighted by Crippen LogP contribution is -2.29. The third kappa shape index (κ3) is 3.76. The number of sulfonamides is 1. The van der Waals surface area contributed by atoms with E-state index in [1.165, 1.54) is 4.31 Å². The van der Waals surface area contributed by atoms with Crippen LogP contribution >= 0.6 is 12.2 Å². The Morgan fingerprint density at radius 3 is 2.56 bits per heavy atom. The number of nitrogens with zero attached hydrogens (tertiary/aromatic N) is 1. The molecule has 0 saturated carbocycles. The van der Waals surface area contributed by atoms with Crippen molar-refractivity contribution >= 4 is 27.2 Å². The number of thiocarbonyl (C=S) groups is 1. The van der Waals surface area contributed by atoms with Gasteiger partial charge in [0.05, 0.1) is 5.75 Å². The summed E-state index contributed by atoms with van der Waals surface area (Å²) in [5.41, 5.74) is 6.86. The Hall–Kier alpha value is -0.980. The molecule has 0 aliphatic rings. The van der Waals surface area contributed by atoms with Gasteiger partial charge in [0.1, 0.15) is 4.99 Å². The van der Waals surface area contributed by atoms with E-state index >= 15 is 0 Å². The predicted octanol–water partition coefficient (Wildman–Crippen LogP) is 1.49. The normalized spacial score (nSPS) is 11.7. The van der Waals surface area contributed by atoms with Crippen LogP contribution in [0.5, 0.6) is 0 Å². The fourth-order valence-electron chi connectivity index (χ4n) is 1.65. The third-order valence-corrected chi connectivity index (χ3v) is 4.66. The Balaban J connectivity index is 3.01. The van der Waals surface area contributed by atoms with Crippen molar-refractivity contribution in [1.82, 2.24) is 4.31 Å². The number of rotatable bonds is 6. The summed E-state index contributed by atoms with van der Waals surface area (Å²) in [5.74, 6) is -0.0724. The first-order valence-corrected chi connectivity index (χ1v) is 7.72. The Morgan fingerprint density at radius 1 is 1.39 bits per heavy atom. The van der Waals surface area contributed by atoms with E-state index in [4.69, 9.17) is 18.0 Å². The lowest BCUT2D eigenvalue weighted by Gasteiger charge is -2.17. The molecule has 0 aliphatic carbocycles. The van der Waals surface area contributed by atoms with E-state index in [1.807, 2.05) is 6.92 Å². The minimum Gasteiger partial charge on any atom is -0.389 e. The average Bonchev–Trinajstić information content (AvgIpc) is 2.29. The molecule has 0 saturated heterocycles. The Kier molecular flexibility index (Phi) is 5.25. The van der Waals surface area contributed by atoms with Gasteiger partial charge in [-0.05, 0) is 12.0 Å². The summed E-state index contributed by atoms with van der Waals surface area (Å²) in [6.45, 7) is 2.45. The van der Waals surface area contributed by atoms with Crippen molar-refractivity contribution in [3.63, 3.8) is 0 Å². The summed E-state index contributed by atoms with van der Waals surface area (Å²) in [6, 6.07) is 7.06. The minimum atomic E-state index is -3.31. The van der Waals surface area contributed by atoms with Crippen molar-refractivity contribution < 1.29 is 8.42 Å². The fraction of sp³-hybridized carbons (Fsp3) is 0.417. The number of nitrogens with two attached hydrogens (primary N) is 1. The van der Waals surface area contributed by atoms with E-state index in [0.29, 0.717) is 17.7 Å². The molecule has 0 fully saturated rings. The zero-order valence-electron chi connectivity index (χ0n) is 10.6. The summed E-state index contributed by atoms with van der Waals surface area (Å²) >= 11 is 4.92. The van der Waals surface area contributed by atoms with E-state index in [2.05, 4.69) is 0 Å². The van der Waals surface area contributed by atoms with Crippen LogP contribution in [0.15, 0.2) is 24.3 Å². The van der Waals surface area contributed by atoms with Crippen LogP contribution in [0, 0.1) is 0 Å². The predicted molar refractivity (Wildman–Crippen MR) is 77.9 cm³/mol. The first-order valence-electron chi connectivity index (χ1n) is 5.70. The Labute approximate surface area is 114 Å². The Bertz CT molecular complexity index is 527. The molecule has 0 unspecified atom stereocenters. The molecule has 6 heteroatoms. The number of benzene rings is 1. The molecule has 0 amide bonds. The maximum absolute atomic E-state index is 12.1. The molecule has 0 radical (unpaired) electrons. The molecule has 0 aromatic heterocycles. The molecular formula is C12H18N2O2S2. The Morgan fingerprint density at radius 2 is 2.00 bits per heavy atom. The molecule has 1 aromatic rings.